The molecule has 0 heterocycles. The second-order valence-electron chi connectivity index (χ2n) is 5.74. The first-order valence-corrected chi connectivity index (χ1v) is 7.79. The Morgan fingerprint density at radius 3 is 2.45 bits per heavy atom. The Morgan fingerprint density at radius 2 is 1.82 bits per heavy atom. The van der Waals surface area contributed by atoms with Crippen molar-refractivity contribution in [3.63, 3.8) is 0 Å². The number of aliphatic carboxylic acids is 1. The highest BCUT2D eigenvalue weighted by molar-refractivity contribution is 5.76. The molecule has 5 nitrogen and oxygen atoms in total. The van der Waals surface area contributed by atoms with Gasteiger partial charge in [0, 0.05) is 12.5 Å². The van der Waals surface area contributed by atoms with Gasteiger partial charge in [-0.3, -0.25) is 9.59 Å². The van der Waals surface area contributed by atoms with Gasteiger partial charge in [0.1, 0.15) is 0 Å². The van der Waals surface area contributed by atoms with E-state index in [0.717, 1.165) is 18.4 Å². The summed E-state index contributed by atoms with van der Waals surface area (Å²) in [7, 11) is 0. The summed E-state index contributed by atoms with van der Waals surface area (Å²) in [6.45, 7) is 0.906. The number of amides is 1. The number of carbonyl (C=O) groups is 2. The zero-order valence-corrected chi connectivity index (χ0v) is 12.7. The van der Waals surface area contributed by atoms with Crippen LogP contribution in [0, 0.1) is 5.92 Å². The van der Waals surface area contributed by atoms with E-state index in [1.165, 1.54) is 0 Å². The van der Waals surface area contributed by atoms with Crippen LogP contribution in [0.3, 0.4) is 0 Å². The minimum Gasteiger partial charge on any atom is -0.481 e. The number of carboxylic acid groups (broad SMARTS) is 1. The summed E-state index contributed by atoms with van der Waals surface area (Å²) in [4.78, 5) is 22.7. The highest BCUT2D eigenvalue weighted by atomic mass is 16.5. The second kappa shape index (κ2) is 8.54. The van der Waals surface area contributed by atoms with Crippen molar-refractivity contribution in [3.8, 4) is 0 Å². The van der Waals surface area contributed by atoms with Crippen molar-refractivity contribution in [3.05, 3.63) is 35.9 Å². The first-order chi connectivity index (χ1) is 10.6. The molecule has 0 aliphatic heterocycles. The van der Waals surface area contributed by atoms with Gasteiger partial charge in [-0.2, -0.15) is 0 Å². The molecule has 1 amide bonds. The largest absolute Gasteiger partial charge is 0.481 e. The van der Waals surface area contributed by atoms with E-state index < -0.39 is 5.97 Å². The van der Waals surface area contributed by atoms with Crippen molar-refractivity contribution in [1.29, 1.82) is 0 Å². The molecule has 2 N–H and O–H groups in total. The summed E-state index contributed by atoms with van der Waals surface area (Å²) in [6.07, 6.45) is 3.11. The fourth-order valence-electron chi connectivity index (χ4n) is 2.71. The Hall–Kier alpha value is -1.88. The minimum atomic E-state index is -0.723. The third kappa shape index (κ3) is 5.48. The van der Waals surface area contributed by atoms with Crippen LogP contribution >= 0.6 is 0 Å². The summed E-state index contributed by atoms with van der Waals surface area (Å²) in [5.41, 5.74) is 1.09. The van der Waals surface area contributed by atoms with E-state index >= 15 is 0 Å². The van der Waals surface area contributed by atoms with Crippen LogP contribution < -0.4 is 5.32 Å². The van der Waals surface area contributed by atoms with E-state index in [1.807, 2.05) is 30.3 Å². The minimum absolute atomic E-state index is 0.0214. The number of benzene rings is 1. The third-order valence-corrected chi connectivity index (χ3v) is 4.03. The number of hydrogen-bond donors (Lipinski definition) is 2. The molecule has 1 aliphatic rings. The maximum Gasteiger partial charge on any atom is 0.306 e. The summed E-state index contributed by atoms with van der Waals surface area (Å²) >= 11 is 0. The van der Waals surface area contributed by atoms with Crippen LogP contribution in [0.2, 0.25) is 0 Å². The second-order valence-corrected chi connectivity index (χ2v) is 5.74. The van der Waals surface area contributed by atoms with Crippen molar-refractivity contribution >= 4 is 11.9 Å². The van der Waals surface area contributed by atoms with Crippen LogP contribution in [0.4, 0.5) is 0 Å². The molecule has 0 saturated heterocycles. The molecular weight excluding hydrogens is 282 g/mol. The van der Waals surface area contributed by atoms with E-state index in [-0.39, 0.29) is 17.9 Å². The van der Waals surface area contributed by atoms with Crippen LogP contribution in [-0.4, -0.2) is 29.6 Å². The fourth-order valence-corrected chi connectivity index (χ4v) is 2.71. The maximum atomic E-state index is 11.8. The van der Waals surface area contributed by atoms with Crippen LogP contribution in [0.25, 0.3) is 0 Å². The van der Waals surface area contributed by atoms with Crippen molar-refractivity contribution in [1.82, 2.24) is 5.32 Å². The molecule has 0 bridgehead atoms. The lowest BCUT2D eigenvalue weighted by atomic mass is 9.86. The highest BCUT2D eigenvalue weighted by Gasteiger charge is 2.26. The quantitative estimate of drug-likeness (QED) is 0.758. The number of carbonyl (C=O) groups excluding carboxylic acids is 1. The van der Waals surface area contributed by atoms with Gasteiger partial charge >= 0.3 is 5.97 Å². The third-order valence-electron chi connectivity index (χ3n) is 4.03. The van der Waals surface area contributed by atoms with Crippen LogP contribution in [-0.2, 0) is 20.9 Å². The van der Waals surface area contributed by atoms with Gasteiger partial charge in [-0.05, 0) is 31.2 Å². The molecule has 1 aromatic carbocycles. The van der Waals surface area contributed by atoms with Crippen LogP contribution in [0.5, 0.6) is 0 Å². The fraction of sp³-hybridized carbons (Fsp3) is 0.529. The predicted molar refractivity (Wildman–Crippen MR) is 82.2 cm³/mol. The van der Waals surface area contributed by atoms with Gasteiger partial charge in [0.25, 0.3) is 0 Å². The van der Waals surface area contributed by atoms with Gasteiger partial charge in [0.2, 0.25) is 5.91 Å². The molecule has 1 aromatic rings. The first kappa shape index (κ1) is 16.5. The number of carboxylic acids is 1. The normalized spacial score (nSPS) is 21.3. The number of ether oxygens (including phenoxy) is 1. The molecule has 0 aromatic heterocycles. The summed E-state index contributed by atoms with van der Waals surface area (Å²) in [5.74, 6) is -0.992. The zero-order chi connectivity index (χ0) is 15.8. The standard InChI is InChI=1S/C17H23NO4/c19-16(10-11-22-12-13-4-2-1-3-5-13)18-15-8-6-14(7-9-15)17(20)21/h1-5,14-15H,6-12H2,(H,18,19)(H,20,21). The Balaban J connectivity index is 1.57. The van der Waals surface area contributed by atoms with Crippen LogP contribution in [0.15, 0.2) is 30.3 Å². The van der Waals surface area contributed by atoms with E-state index in [9.17, 15) is 9.59 Å². The molecule has 1 saturated carbocycles. The van der Waals surface area contributed by atoms with Gasteiger partial charge in [0.15, 0.2) is 0 Å². The summed E-state index contributed by atoms with van der Waals surface area (Å²) < 4.78 is 5.49. The average Bonchev–Trinajstić information content (AvgIpc) is 2.53. The topological polar surface area (TPSA) is 75.6 Å². The van der Waals surface area contributed by atoms with E-state index in [2.05, 4.69) is 5.32 Å². The summed E-state index contributed by atoms with van der Waals surface area (Å²) in [5, 5.41) is 11.9. The van der Waals surface area contributed by atoms with Gasteiger partial charge < -0.3 is 15.2 Å². The van der Waals surface area contributed by atoms with Gasteiger partial charge in [-0.15, -0.1) is 0 Å². The Morgan fingerprint density at radius 1 is 1.14 bits per heavy atom. The highest BCUT2D eigenvalue weighted by Crippen LogP contribution is 2.24. The lowest BCUT2D eigenvalue weighted by Gasteiger charge is -2.26. The monoisotopic (exact) mass is 305 g/mol. The van der Waals surface area contributed by atoms with Crippen molar-refractivity contribution < 1.29 is 19.4 Å². The Kier molecular flexibility index (Phi) is 6.40. The van der Waals surface area contributed by atoms with E-state index in [0.29, 0.717) is 32.5 Å². The van der Waals surface area contributed by atoms with E-state index in [1.54, 1.807) is 0 Å². The lowest BCUT2D eigenvalue weighted by Crippen LogP contribution is -2.39. The maximum absolute atomic E-state index is 11.8. The molecule has 120 valence electrons. The molecule has 2 rings (SSSR count). The number of hydrogen-bond acceptors (Lipinski definition) is 3. The number of nitrogens with one attached hydrogen (secondary N) is 1. The SMILES string of the molecule is O=C(CCOCc1ccccc1)NC1CCC(C(=O)O)CC1. The van der Waals surface area contributed by atoms with Gasteiger partial charge in [-0.25, -0.2) is 0 Å². The molecule has 22 heavy (non-hydrogen) atoms. The molecule has 0 radical (unpaired) electrons. The molecule has 0 spiro atoms. The molecule has 0 atom stereocenters. The molecule has 0 unspecified atom stereocenters. The predicted octanol–water partition coefficient (Wildman–Crippen LogP) is 2.35. The van der Waals surface area contributed by atoms with Crippen molar-refractivity contribution in [2.75, 3.05) is 6.61 Å². The molecule has 1 fully saturated rings. The number of rotatable bonds is 7. The molecular formula is C17H23NO4. The zero-order valence-electron chi connectivity index (χ0n) is 12.7. The van der Waals surface area contributed by atoms with Gasteiger partial charge in [-0.1, -0.05) is 30.3 Å². The van der Waals surface area contributed by atoms with E-state index in [4.69, 9.17) is 9.84 Å². The van der Waals surface area contributed by atoms with Crippen LogP contribution in [0.1, 0.15) is 37.7 Å². The Bertz CT molecular complexity index is 481. The molecule has 5 heteroatoms. The smallest absolute Gasteiger partial charge is 0.306 e. The molecule has 1 aliphatic carbocycles. The van der Waals surface area contributed by atoms with Crippen molar-refractivity contribution in [2.24, 2.45) is 5.92 Å². The summed E-state index contributed by atoms with van der Waals surface area (Å²) in [6, 6.07) is 9.95. The lowest BCUT2D eigenvalue weighted by molar-refractivity contribution is -0.142. The Labute approximate surface area is 130 Å². The average molecular weight is 305 g/mol. The first-order valence-electron chi connectivity index (χ1n) is 7.79. The van der Waals surface area contributed by atoms with Gasteiger partial charge in [0.05, 0.1) is 19.1 Å². The van der Waals surface area contributed by atoms with Crippen molar-refractivity contribution in [2.45, 2.75) is 44.8 Å².